The van der Waals surface area contributed by atoms with Gasteiger partial charge in [-0.05, 0) is 30.2 Å². The molecule has 0 fully saturated rings. The molecule has 0 saturated heterocycles. The summed E-state index contributed by atoms with van der Waals surface area (Å²) in [6.07, 6.45) is 0. The molecule has 9 nitrogen and oxygen atoms in total. The molecule has 0 bridgehead atoms. The van der Waals surface area contributed by atoms with Crippen LogP contribution in [-0.2, 0) is 31.4 Å². The number of amidine groups is 1. The normalized spacial score (nSPS) is 17.5. The van der Waals surface area contributed by atoms with Gasteiger partial charge in [-0.3, -0.25) is 14.5 Å². The van der Waals surface area contributed by atoms with Gasteiger partial charge in [0, 0.05) is 24.5 Å². The Bertz CT molecular complexity index is 1230. The molecule has 1 amide bonds. The Kier molecular flexibility index (Phi) is 6.56. The quantitative estimate of drug-likeness (QED) is 0.614. The molecule has 1 aromatic heterocycles. The van der Waals surface area contributed by atoms with E-state index >= 15 is 0 Å². The van der Waals surface area contributed by atoms with Crippen molar-refractivity contribution in [1.29, 1.82) is 0 Å². The third-order valence-electron chi connectivity index (χ3n) is 4.64. The van der Waals surface area contributed by atoms with E-state index in [2.05, 4.69) is 15.0 Å². The summed E-state index contributed by atoms with van der Waals surface area (Å²) in [6, 6.07) is 8.79. The topological polar surface area (TPSA) is 125 Å². The predicted octanol–water partition coefficient (Wildman–Crippen LogP) is 1.38. The Morgan fingerprint density at radius 2 is 1.87 bits per heavy atom. The Labute approximate surface area is 186 Å². The second-order valence-corrected chi connectivity index (χ2v) is 12.7. The van der Waals surface area contributed by atoms with Gasteiger partial charge in [0.05, 0.1) is 11.4 Å². The molecule has 1 aliphatic rings. The Hall–Kier alpha value is -2.28. The van der Waals surface area contributed by atoms with Gasteiger partial charge in [-0.2, -0.15) is 0 Å². The Morgan fingerprint density at radius 1 is 1.19 bits per heavy atom. The number of thiophene rings is 1. The molecule has 0 saturated carbocycles. The summed E-state index contributed by atoms with van der Waals surface area (Å²) in [6.45, 7) is 3.77. The van der Waals surface area contributed by atoms with Crippen molar-refractivity contribution in [2.45, 2.75) is 35.5 Å². The lowest BCUT2D eigenvalue weighted by Gasteiger charge is -2.17. The second kappa shape index (κ2) is 8.69. The van der Waals surface area contributed by atoms with Crippen molar-refractivity contribution in [2.24, 2.45) is 10.9 Å². The summed E-state index contributed by atoms with van der Waals surface area (Å²) < 4.78 is 52.7. The zero-order chi connectivity index (χ0) is 23.0. The minimum Gasteiger partial charge on any atom is -0.349 e. The fraction of sp³-hybridized carbons (Fsp3) is 0.368. The maximum absolute atomic E-state index is 12.8. The van der Waals surface area contributed by atoms with Crippen LogP contribution in [0.1, 0.15) is 24.3 Å². The lowest BCUT2D eigenvalue weighted by molar-refractivity contribution is -0.123. The average Bonchev–Trinajstić information content (AvgIpc) is 3.27. The van der Waals surface area contributed by atoms with Crippen LogP contribution in [0.25, 0.3) is 0 Å². The van der Waals surface area contributed by atoms with Crippen LogP contribution in [0.3, 0.4) is 0 Å². The van der Waals surface area contributed by atoms with Gasteiger partial charge in [0.2, 0.25) is 5.91 Å². The van der Waals surface area contributed by atoms with E-state index in [9.17, 15) is 21.6 Å². The average molecular weight is 485 g/mol. The standard InChI is InChI=1S/C19H24N4O5S3/c1-12(2)17(21-18-14-7-5-6-8-15(14)30(25,26)22-18)19(24)20-11-13-9-10-16(29-13)31(27,28)23(3)4/h5-10,12,17H,11H2,1-4H3,(H,20,24)(H,21,22)/t17-/m0/s1. The van der Waals surface area contributed by atoms with Crippen molar-refractivity contribution in [1.82, 2.24) is 14.3 Å². The van der Waals surface area contributed by atoms with E-state index in [0.717, 1.165) is 15.6 Å². The molecule has 0 radical (unpaired) electrons. The van der Waals surface area contributed by atoms with E-state index in [1.54, 1.807) is 24.3 Å². The van der Waals surface area contributed by atoms with Crippen LogP contribution in [-0.4, -0.2) is 53.0 Å². The molecule has 2 aromatic rings. The molecular weight excluding hydrogens is 460 g/mol. The highest BCUT2D eigenvalue weighted by Gasteiger charge is 2.32. The zero-order valence-electron chi connectivity index (χ0n) is 17.5. The van der Waals surface area contributed by atoms with Gasteiger partial charge in [-0.15, -0.1) is 11.3 Å². The molecule has 12 heteroatoms. The minimum absolute atomic E-state index is 0.130. The summed E-state index contributed by atoms with van der Waals surface area (Å²) >= 11 is 1.08. The maximum Gasteiger partial charge on any atom is 0.263 e. The second-order valence-electron chi connectivity index (χ2n) is 7.49. The highest BCUT2D eigenvalue weighted by atomic mass is 32.2. The number of carbonyl (C=O) groups excluding carboxylic acids is 1. The zero-order valence-corrected chi connectivity index (χ0v) is 19.9. The van der Waals surface area contributed by atoms with Crippen LogP contribution < -0.4 is 10.0 Å². The summed E-state index contributed by atoms with van der Waals surface area (Å²) in [7, 11) is -4.31. The van der Waals surface area contributed by atoms with Crippen molar-refractivity contribution in [2.75, 3.05) is 14.1 Å². The number of sulfonamides is 2. The minimum atomic E-state index is -3.70. The maximum atomic E-state index is 12.8. The molecule has 1 aliphatic heterocycles. The van der Waals surface area contributed by atoms with Gasteiger partial charge in [0.25, 0.3) is 20.0 Å². The van der Waals surface area contributed by atoms with E-state index in [0.29, 0.717) is 10.4 Å². The van der Waals surface area contributed by atoms with Crippen LogP contribution in [0.4, 0.5) is 0 Å². The van der Waals surface area contributed by atoms with Crippen molar-refractivity contribution in [3.63, 3.8) is 0 Å². The lowest BCUT2D eigenvalue weighted by atomic mass is 10.0. The number of nitrogens with one attached hydrogen (secondary N) is 2. The predicted molar refractivity (Wildman–Crippen MR) is 119 cm³/mol. The summed E-state index contributed by atoms with van der Waals surface area (Å²) in [5, 5.41) is 2.77. The monoisotopic (exact) mass is 484 g/mol. The van der Waals surface area contributed by atoms with Crippen molar-refractivity contribution in [3.05, 3.63) is 46.8 Å². The fourth-order valence-electron chi connectivity index (χ4n) is 2.93. The number of nitrogens with zero attached hydrogens (tertiary/aromatic N) is 2. The van der Waals surface area contributed by atoms with Gasteiger partial charge in [-0.25, -0.2) is 21.1 Å². The molecule has 1 atom stereocenters. The van der Waals surface area contributed by atoms with E-state index in [4.69, 9.17) is 0 Å². The number of rotatable bonds is 7. The van der Waals surface area contributed by atoms with E-state index in [-0.39, 0.29) is 33.3 Å². The molecular formula is C19H24N4O5S3. The summed E-state index contributed by atoms with van der Waals surface area (Å²) in [5.41, 5.74) is 0.428. The molecule has 0 unspecified atom stereocenters. The van der Waals surface area contributed by atoms with E-state index in [1.807, 2.05) is 13.8 Å². The van der Waals surface area contributed by atoms with Gasteiger partial charge in [0.1, 0.15) is 16.1 Å². The van der Waals surface area contributed by atoms with Gasteiger partial charge in [0.15, 0.2) is 0 Å². The molecule has 0 spiro atoms. The first kappa shape index (κ1) is 23.4. The van der Waals surface area contributed by atoms with Crippen molar-refractivity contribution >= 4 is 43.1 Å². The molecule has 0 aliphatic carbocycles. The number of fused-ring (bicyclic) bond motifs is 1. The third-order valence-corrected chi connectivity index (χ3v) is 9.40. The largest absolute Gasteiger partial charge is 0.349 e. The molecule has 2 heterocycles. The molecule has 1 aromatic carbocycles. The van der Waals surface area contributed by atoms with Crippen LogP contribution in [0.15, 0.2) is 50.5 Å². The lowest BCUT2D eigenvalue weighted by Crippen LogP contribution is -2.38. The molecule has 168 valence electrons. The first-order valence-corrected chi connectivity index (χ1v) is 13.2. The Balaban J connectivity index is 1.78. The first-order chi connectivity index (χ1) is 14.4. The summed E-state index contributed by atoms with van der Waals surface area (Å²) in [4.78, 5) is 18.0. The van der Waals surface area contributed by atoms with Crippen LogP contribution in [0.5, 0.6) is 0 Å². The Morgan fingerprint density at radius 3 is 2.52 bits per heavy atom. The smallest absolute Gasteiger partial charge is 0.263 e. The number of carbonyl (C=O) groups is 1. The molecule has 3 rings (SSSR count). The van der Waals surface area contributed by atoms with Crippen LogP contribution in [0.2, 0.25) is 0 Å². The molecule has 2 N–H and O–H groups in total. The summed E-state index contributed by atoms with van der Waals surface area (Å²) in [5.74, 6) is -0.436. The number of benzene rings is 1. The molecule has 31 heavy (non-hydrogen) atoms. The van der Waals surface area contributed by atoms with E-state index < -0.39 is 26.1 Å². The number of amides is 1. The van der Waals surface area contributed by atoms with Crippen molar-refractivity contribution in [3.8, 4) is 0 Å². The highest BCUT2D eigenvalue weighted by Crippen LogP contribution is 2.25. The SMILES string of the molecule is CC(C)[C@H](N=C1NS(=O)(=O)c2ccccc21)C(=O)NCc1ccc(S(=O)(=O)N(C)C)s1. The van der Waals surface area contributed by atoms with Crippen LogP contribution >= 0.6 is 11.3 Å². The third kappa shape index (κ3) is 4.81. The van der Waals surface area contributed by atoms with Crippen LogP contribution in [0, 0.1) is 5.92 Å². The van der Waals surface area contributed by atoms with Crippen molar-refractivity contribution < 1.29 is 21.6 Å². The van der Waals surface area contributed by atoms with Gasteiger partial charge >= 0.3 is 0 Å². The number of hydrogen-bond acceptors (Lipinski definition) is 7. The first-order valence-electron chi connectivity index (χ1n) is 9.42. The number of hydrogen-bond donors (Lipinski definition) is 2. The fourth-order valence-corrected chi connectivity index (χ4v) is 6.63. The number of aliphatic imine (C=N–C) groups is 1. The van der Waals surface area contributed by atoms with E-state index in [1.165, 1.54) is 26.2 Å². The van der Waals surface area contributed by atoms with Gasteiger partial charge in [-0.1, -0.05) is 26.0 Å². The highest BCUT2D eigenvalue weighted by molar-refractivity contribution is 7.91. The van der Waals surface area contributed by atoms with Gasteiger partial charge < -0.3 is 5.32 Å².